The lowest BCUT2D eigenvalue weighted by Gasteiger charge is -2.27. The van der Waals surface area contributed by atoms with Gasteiger partial charge in [-0.15, -0.1) is 0 Å². The van der Waals surface area contributed by atoms with Crippen molar-refractivity contribution in [2.75, 3.05) is 0 Å². The Balaban J connectivity index is 2.00. The molecule has 0 spiro atoms. The van der Waals surface area contributed by atoms with Crippen LogP contribution in [0.4, 0.5) is 0 Å². The monoisotopic (exact) mass is 234 g/mol. The maximum atomic E-state index is 5.95. The van der Waals surface area contributed by atoms with Crippen LogP contribution < -0.4 is 10.5 Å². The van der Waals surface area contributed by atoms with E-state index in [9.17, 15) is 0 Å². The zero-order chi connectivity index (χ0) is 12.3. The van der Waals surface area contributed by atoms with E-state index in [1.165, 1.54) is 12.8 Å². The quantitative estimate of drug-likeness (QED) is 0.874. The number of rotatable bonds is 3. The Labute approximate surface area is 103 Å². The molecular weight excluding hydrogens is 212 g/mol. The Kier molecular flexibility index (Phi) is 4.00. The molecule has 0 bridgehead atoms. The minimum absolute atomic E-state index is 0.0330. The van der Waals surface area contributed by atoms with Gasteiger partial charge in [-0.3, -0.25) is 0 Å². The van der Waals surface area contributed by atoms with E-state index in [4.69, 9.17) is 10.5 Å². The highest BCUT2D eigenvalue weighted by molar-refractivity contribution is 5.23. The molecule has 1 heterocycles. The smallest absolute Gasteiger partial charge is 0.213 e. The summed E-state index contributed by atoms with van der Waals surface area (Å²) in [4.78, 5) is 4.26. The molecule has 1 saturated carbocycles. The molecule has 2 N–H and O–H groups in total. The lowest BCUT2D eigenvalue weighted by atomic mass is 9.89. The number of aromatic nitrogens is 1. The molecule has 0 aliphatic heterocycles. The van der Waals surface area contributed by atoms with E-state index in [2.05, 4.69) is 11.9 Å². The number of ether oxygens (including phenoxy) is 1. The maximum absolute atomic E-state index is 5.95. The molecule has 1 aliphatic carbocycles. The molecule has 3 unspecified atom stereocenters. The van der Waals surface area contributed by atoms with Crippen LogP contribution in [0.3, 0.4) is 0 Å². The summed E-state index contributed by atoms with van der Waals surface area (Å²) < 4.78 is 5.95. The third-order valence-electron chi connectivity index (χ3n) is 3.46. The van der Waals surface area contributed by atoms with Crippen LogP contribution in [-0.2, 0) is 0 Å². The zero-order valence-corrected chi connectivity index (χ0v) is 10.7. The number of hydrogen-bond acceptors (Lipinski definition) is 3. The van der Waals surface area contributed by atoms with Crippen LogP contribution in [0.25, 0.3) is 0 Å². The molecule has 1 aromatic rings. The first-order valence-electron chi connectivity index (χ1n) is 6.53. The second kappa shape index (κ2) is 5.50. The first-order valence-corrected chi connectivity index (χ1v) is 6.53. The standard InChI is InChI=1S/C14H22N2O/c1-10-4-3-5-13(8-10)17-14-9-12(11(2)15)6-7-16-14/h6-7,9-11,13H,3-5,8,15H2,1-2H3. The molecule has 1 aromatic heterocycles. The average Bonchev–Trinajstić information content (AvgIpc) is 2.29. The number of nitrogens with two attached hydrogens (primary N) is 1. The molecule has 17 heavy (non-hydrogen) atoms. The lowest BCUT2D eigenvalue weighted by molar-refractivity contribution is 0.124. The predicted molar refractivity (Wildman–Crippen MR) is 68.9 cm³/mol. The highest BCUT2D eigenvalue weighted by Crippen LogP contribution is 2.27. The lowest BCUT2D eigenvalue weighted by Crippen LogP contribution is -2.24. The van der Waals surface area contributed by atoms with Crippen molar-refractivity contribution in [2.45, 2.75) is 51.7 Å². The molecule has 0 amide bonds. The van der Waals surface area contributed by atoms with Gasteiger partial charge in [-0.2, -0.15) is 0 Å². The van der Waals surface area contributed by atoms with Crippen molar-refractivity contribution in [1.29, 1.82) is 0 Å². The number of pyridine rings is 1. The fourth-order valence-corrected chi connectivity index (χ4v) is 2.43. The van der Waals surface area contributed by atoms with E-state index in [1.807, 2.05) is 19.1 Å². The molecule has 0 saturated heterocycles. The SMILES string of the molecule is CC1CCCC(Oc2cc(C(C)N)ccn2)C1. The van der Waals surface area contributed by atoms with Gasteiger partial charge in [-0.05, 0) is 43.7 Å². The zero-order valence-electron chi connectivity index (χ0n) is 10.7. The van der Waals surface area contributed by atoms with Gasteiger partial charge in [-0.25, -0.2) is 4.98 Å². The minimum atomic E-state index is 0.0330. The van der Waals surface area contributed by atoms with E-state index < -0.39 is 0 Å². The average molecular weight is 234 g/mol. The topological polar surface area (TPSA) is 48.1 Å². The van der Waals surface area contributed by atoms with E-state index in [-0.39, 0.29) is 6.04 Å². The summed E-state index contributed by atoms with van der Waals surface area (Å²) in [5.41, 5.74) is 6.94. The summed E-state index contributed by atoms with van der Waals surface area (Å²) in [6.07, 6.45) is 6.99. The van der Waals surface area contributed by atoms with E-state index in [0.29, 0.717) is 6.10 Å². The van der Waals surface area contributed by atoms with E-state index in [1.54, 1.807) is 6.20 Å². The summed E-state index contributed by atoms with van der Waals surface area (Å²) in [6, 6.07) is 3.94. The molecule has 0 radical (unpaired) electrons. The largest absolute Gasteiger partial charge is 0.474 e. The third-order valence-corrected chi connectivity index (χ3v) is 3.46. The maximum Gasteiger partial charge on any atom is 0.213 e. The molecule has 0 aromatic carbocycles. The Bertz CT molecular complexity index is 365. The third kappa shape index (κ3) is 3.43. The van der Waals surface area contributed by atoms with Crippen molar-refractivity contribution in [3.63, 3.8) is 0 Å². The Morgan fingerprint density at radius 1 is 1.47 bits per heavy atom. The van der Waals surface area contributed by atoms with Gasteiger partial charge in [0, 0.05) is 18.3 Å². The van der Waals surface area contributed by atoms with E-state index in [0.717, 1.165) is 30.2 Å². The molecule has 3 nitrogen and oxygen atoms in total. The van der Waals surface area contributed by atoms with E-state index >= 15 is 0 Å². The molecule has 94 valence electrons. The molecule has 3 heteroatoms. The van der Waals surface area contributed by atoms with Crippen molar-refractivity contribution in [3.8, 4) is 5.88 Å². The van der Waals surface area contributed by atoms with Crippen molar-refractivity contribution >= 4 is 0 Å². The molecule has 1 fully saturated rings. The fraction of sp³-hybridized carbons (Fsp3) is 0.643. The van der Waals surface area contributed by atoms with Gasteiger partial charge in [0.2, 0.25) is 5.88 Å². The minimum Gasteiger partial charge on any atom is -0.474 e. The second-order valence-electron chi connectivity index (χ2n) is 5.23. The summed E-state index contributed by atoms with van der Waals surface area (Å²) in [5.74, 6) is 1.49. The van der Waals surface area contributed by atoms with Gasteiger partial charge < -0.3 is 10.5 Å². The van der Waals surface area contributed by atoms with Crippen LogP contribution >= 0.6 is 0 Å². The molecule has 2 rings (SSSR count). The normalized spacial score (nSPS) is 26.5. The molecule has 3 atom stereocenters. The summed E-state index contributed by atoms with van der Waals surface area (Å²) in [6.45, 7) is 4.27. The van der Waals surface area contributed by atoms with Crippen molar-refractivity contribution in [3.05, 3.63) is 23.9 Å². The van der Waals surface area contributed by atoms with Crippen molar-refractivity contribution < 1.29 is 4.74 Å². The first kappa shape index (κ1) is 12.4. The van der Waals surface area contributed by atoms with Crippen molar-refractivity contribution in [1.82, 2.24) is 4.98 Å². The second-order valence-corrected chi connectivity index (χ2v) is 5.23. The van der Waals surface area contributed by atoms with Crippen LogP contribution in [0.2, 0.25) is 0 Å². The highest BCUT2D eigenvalue weighted by atomic mass is 16.5. The first-order chi connectivity index (χ1) is 8.15. The predicted octanol–water partition coefficient (Wildman–Crippen LogP) is 3.06. The van der Waals surface area contributed by atoms with Gasteiger partial charge in [0.05, 0.1) is 0 Å². The van der Waals surface area contributed by atoms with Crippen LogP contribution in [0.1, 0.15) is 51.1 Å². The van der Waals surface area contributed by atoms with Gasteiger partial charge in [-0.1, -0.05) is 13.3 Å². The Morgan fingerprint density at radius 2 is 2.29 bits per heavy atom. The number of nitrogens with zero attached hydrogens (tertiary/aromatic N) is 1. The van der Waals surface area contributed by atoms with Crippen LogP contribution in [-0.4, -0.2) is 11.1 Å². The van der Waals surface area contributed by atoms with Gasteiger partial charge in [0.1, 0.15) is 6.10 Å². The molecule has 1 aliphatic rings. The summed E-state index contributed by atoms with van der Waals surface area (Å²) in [7, 11) is 0. The van der Waals surface area contributed by atoms with Crippen molar-refractivity contribution in [2.24, 2.45) is 11.7 Å². The van der Waals surface area contributed by atoms with Crippen LogP contribution in [0, 0.1) is 5.92 Å². The van der Waals surface area contributed by atoms with Gasteiger partial charge in [0.15, 0.2) is 0 Å². The van der Waals surface area contributed by atoms with Gasteiger partial charge in [0.25, 0.3) is 0 Å². The summed E-state index contributed by atoms with van der Waals surface area (Å²) >= 11 is 0. The fourth-order valence-electron chi connectivity index (χ4n) is 2.43. The van der Waals surface area contributed by atoms with Crippen LogP contribution in [0.5, 0.6) is 5.88 Å². The summed E-state index contributed by atoms with van der Waals surface area (Å²) in [5, 5.41) is 0. The Hall–Kier alpha value is -1.09. The highest BCUT2D eigenvalue weighted by Gasteiger charge is 2.20. The van der Waals surface area contributed by atoms with Gasteiger partial charge >= 0.3 is 0 Å². The Morgan fingerprint density at radius 3 is 3.00 bits per heavy atom. The number of hydrogen-bond donors (Lipinski definition) is 1. The van der Waals surface area contributed by atoms with Crippen LogP contribution in [0.15, 0.2) is 18.3 Å². The molecular formula is C14H22N2O.